The maximum Gasteiger partial charge on any atom is 0.338 e. The molecule has 7 heteroatoms. The molecular weight excluding hydrogens is 285 g/mol. The second kappa shape index (κ2) is 5.49. The van der Waals surface area contributed by atoms with Crippen LogP contribution in [0.25, 0.3) is 0 Å². The molecule has 1 aliphatic rings. The van der Waals surface area contributed by atoms with Crippen molar-refractivity contribution < 1.29 is 22.7 Å². The van der Waals surface area contributed by atoms with Gasteiger partial charge in [-0.25, -0.2) is 17.6 Å². The van der Waals surface area contributed by atoms with E-state index in [2.05, 4.69) is 0 Å². The smallest absolute Gasteiger partial charge is 0.338 e. The highest BCUT2D eigenvalue weighted by Crippen LogP contribution is 2.27. The number of nitrogens with zero attached hydrogens (tertiary/aromatic N) is 1. The molecule has 1 aromatic rings. The number of carboxylic acid groups (broad SMARTS) is 1. The summed E-state index contributed by atoms with van der Waals surface area (Å²) >= 11 is 0. The van der Waals surface area contributed by atoms with Crippen molar-refractivity contribution in [3.05, 3.63) is 29.6 Å². The van der Waals surface area contributed by atoms with Gasteiger partial charge < -0.3 is 5.11 Å². The van der Waals surface area contributed by atoms with E-state index in [-0.39, 0.29) is 10.9 Å². The minimum Gasteiger partial charge on any atom is -0.478 e. The zero-order valence-corrected chi connectivity index (χ0v) is 11.9. The van der Waals surface area contributed by atoms with Crippen molar-refractivity contribution in [1.29, 1.82) is 0 Å². The summed E-state index contributed by atoms with van der Waals surface area (Å²) in [6.07, 6.45) is 3.55. The topological polar surface area (TPSA) is 74.7 Å². The molecule has 5 nitrogen and oxygen atoms in total. The SMILES string of the molecule is CN(C1CCCC1)S(=O)(=O)c1ccc(F)c(C(=O)O)c1. The number of benzene rings is 1. The molecule has 0 radical (unpaired) electrons. The first-order valence-corrected chi connectivity index (χ1v) is 7.79. The Hall–Kier alpha value is -1.47. The Morgan fingerprint density at radius 1 is 1.35 bits per heavy atom. The molecule has 0 atom stereocenters. The van der Waals surface area contributed by atoms with Crippen molar-refractivity contribution in [2.24, 2.45) is 0 Å². The van der Waals surface area contributed by atoms with Gasteiger partial charge in [-0.05, 0) is 31.0 Å². The molecule has 0 saturated heterocycles. The number of carboxylic acids is 1. The van der Waals surface area contributed by atoms with Crippen LogP contribution in [0.4, 0.5) is 4.39 Å². The monoisotopic (exact) mass is 301 g/mol. The van der Waals surface area contributed by atoms with Crippen LogP contribution in [0.15, 0.2) is 23.1 Å². The first kappa shape index (κ1) is 14.9. The zero-order valence-electron chi connectivity index (χ0n) is 11.0. The van der Waals surface area contributed by atoms with Crippen molar-refractivity contribution in [3.8, 4) is 0 Å². The quantitative estimate of drug-likeness (QED) is 0.924. The van der Waals surface area contributed by atoms with Crippen molar-refractivity contribution >= 4 is 16.0 Å². The van der Waals surface area contributed by atoms with E-state index in [1.165, 1.54) is 11.4 Å². The summed E-state index contributed by atoms with van der Waals surface area (Å²) in [7, 11) is -2.31. The molecule has 110 valence electrons. The molecule has 1 fully saturated rings. The number of rotatable bonds is 4. The Kier molecular flexibility index (Phi) is 4.10. The fourth-order valence-corrected chi connectivity index (χ4v) is 3.90. The summed E-state index contributed by atoms with van der Waals surface area (Å²) in [5.41, 5.74) is -0.633. The van der Waals surface area contributed by atoms with Gasteiger partial charge in [0.25, 0.3) is 0 Å². The van der Waals surface area contributed by atoms with Crippen LogP contribution < -0.4 is 0 Å². The van der Waals surface area contributed by atoms with Gasteiger partial charge in [-0.2, -0.15) is 4.31 Å². The third-order valence-corrected chi connectivity index (χ3v) is 5.59. The van der Waals surface area contributed by atoms with Gasteiger partial charge in [0.05, 0.1) is 10.5 Å². The Balaban J connectivity index is 2.38. The molecular formula is C13H16FNO4S. The molecule has 1 saturated carbocycles. The molecule has 0 spiro atoms. The van der Waals surface area contributed by atoms with Gasteiger partial charge in [-0.15, -0.1) is 0 Å². The van der Waals surface area contributed by atoms with Gasteiger partial charge >= 0.3 is 5.97 Å². The van der Waals surface area contributed by atoms with E-state index in [4.69, 9.17) is 5.11 Å². The van der Waals surface area contributed by atoms with E-state index in [0.29, 0.717) is 0 Å². The molecule has 20 heavy (non-hydrogen) atoms. The molecule has 1 aromatic carbocycles. The molecule has 1 aliphatic carbocycles. The lowest BCUT2D eigenvalue weighted by Crippen LogP contribution is -2.35. The Morgan fingerprint density at radius 3 is 2.50 bits per heavy atom. The Labute approximate surface area is 117 Å². The average molecular weight is 301 g/mol. The van der Waals surface area contributed by atoms with Crippen molar-refractivity contribution in [1.82, 2.24) is 4.31 Å². The minimum absolute atomic E-state index is 0.0710. The predicted molar refractivity (Wildman–Crippen MR) is 70.6 cm³/mol. The standard InChI is InChI=1S/C13H16FNO4S/c1-15(9-4-2-3-5-9)20(18,19)10-6-7-12(14)11(8-10)13(16)17/h6-9H,2-5H2,1H3,(H,16,17). The number of hydrogen-bond donors (Lipinski definition) is 1. The molecule has 0 amide bonds. The number of halogens is 1. The lowest BCUT2D eigenvalue weighted by atomic mass is 10.2. The maximum atomic E-state index is 13.3. The van der Waals surface area contributed by atoms with Crippen molar-refractivity contribution in [2.45, 2.75) is 36.6 Å². The highest BCUT2D eigenvalue weighted by atomic mass is 32.2. The van der Waals surface area contributed by atoms with Gasteiger partial charge in [0.15, 0.2) is 0 Å². The maximum absolute atomic E-state index is 13.3. The fraction of sp³-hybridized carbons (Fsp3) is 0.462. The van der Waals surface area contributed by atoms with Gasteiger partial charge in [0, 0.05) is 13.1 Å². The lowest BCUT2D eigenvalue weighted by Gasteiger charge is -2.23. The van der Waals surface area contributed by atoms with Gasteiger partial charge in [0.2, 0.25) is 10.0 Å². The van der Waals surface area contributed by atoms with Crippen molar-refractivity contribution in [3.63, 3.8) is 0 Å². The molecule has 0 bridgehead atoms. The van der Waals surface area contributed by atoms with Crippen molar-refractivity contribution in [2.75, 3.05) is 7.05 Å². The Morgan fingerprint density at radius 2 is 1.95 bits per heavy atom. The Bertz CT molecular complexity index is 623. The van der Waals surface area contributed by atoms with Crippen LogP contribution in [-0.4, -0.2) is 36.9 Å². The minimum atomic E-state index is -3.79. The van der Waals surface area contributed by atoms with Crippen LogP contribution in [-0.2, 0) is 10.0 Å². The second-order valence-corrected chi connectivity index (χ2v) is 6.90. The summed E-state index contributed by atoms with van der Waals surface area (Å²) in [4.78, 5) is 10.7. The first-order valence-electron chi connectivity index (χ1n) is 6.35. The molecule has 2 rings (SSSR count). The van der Waals surface area contributed by atoms with Crippen LogP contribution in [0.5, 0.6) is 0 Å². The van der Waals surface area contributed by atoms with Gasteiger partial charge in [-0.3, -0.25) is 0 Å². The third kappa shape index (κ3) is 2.69. The number of aromatic carboxylic acids is 1. The average Bonchev–Trinajstić information content (AvgIpc) is 2.91. The number of carbonyl (C=O) groups is 1. The summed E-state index contributed by atoms with van der Waals surface area (Å²) in [5.74, 6) is -2.43. The number of sulfonamides is 1. The summed E-state index contributed by atoms with van der Waals surface area (Å²) in [6.45, 7) is 0. The summed E-state index contributed by atoms with van der Waals surface area (Å²) < 4.78 is 39.4. The van der Waals surface area contributed by atoms with Gasteiger partial charge in [0.1, 0.15) is 5.82 Å². The fourth-order valence-electron chi connectivity index (χ4n) is 2.46. The molecule has 0 aliphatic heterocycles. The normalized spacial score (nSPS) is 16.8. The van der Waals surface area contributed by atoms with E-state index < -0.39 is 27.4 Å². The lowest BCUT2D eigenvalue weighted by molar-refractivity contribution is 0.0691. The van der Waals surface area contributed by atoms with E-state index >= 15 is 0 Å². The third-order valence-electron chi connectivity index (χ3n) is 3.68. The molecule has 1 N–H and O–H groups in total. The molecule has 0 heterocycles. The van der Waals surface area contributed by atoms with Crippen LogP contribution in [0, 0.1) is 5.82 Å². The van der Waals surface area contributed by atoms with Crippen LogP contribution in [0.3, 0.4) is 0 Å². The largest absolute Gasteiger partial charge is 0.478 e. The summed E-state index contributed by atoms with van der Waals surface area (Å²) in [6, 6.07) is 2.78. The summed E-state index contributed by atoms with van der Waals surface area (Å²) in [5, 5.41) is 8.86. The first-order chi connectivity index (χ1) is 9.34. The van der Waals surface area contributed by atoms with Crippen LogP contribution in [0.1, 0.15) is 36.0 Å². The van der Waals surface area contributed by atoms with Crippen LogP contribution >= 0.6 is 0 Å². The van der Waals surface area contributed by atoms with E-state index in [0.717, 1.165) is 43.9 Å². The molecule has 0 aromatic heterocycles. The van der Waals surface area contributed by atoms with E-state index in [1.807, 2.05) is 0 Å². The number of hydrogen-bond acceptors (Lipinski definition) is 3. The highest BCUT2D eigenvalue weighted by Gasteiger charge is 2.30. The van der Waals surface area contributed by atoms with Gasteiger partial charge in [-0.1, -0.05) is 12.8 Å². The highest BCUT2D eigenvalue weighted by molar-refractivity contribution is 7.89. The zero-order chi connectivity index (χ0) is 14.9. The second-order valence-electron chi connectivity index (χ2n) is 4.91. The van der Waals surface area contributed by atoms with E-state index in [9.17, 15) is 17.6 Å². The van der Waals surface area contributed by atoms with Crippen LogP contribution in [0.2, 0.25) is 0 Å². The molecule has 0 unspecified atom stereocenters. The van der Waals surface area contributed by atoms with E-state index in [1.54, 1.807) is 0 Å². The predicted octanol–water partition coefficient (Wildman–Crippen LogP) is 2.09.